The van der Waals surface area contributed by atoms with E-state index >= 15 is 0 Å². The number of hydrogen-bond acceptors (Lipinski definition) is 5. The van der Waals surface area contributed by atoms with E-state index in [1.807, 2.05) is 36.9 Å². The van der Waals surface area contributed by atoms with Crippen LogP contribution in [-0.4, -0.2) is 87.8 Å². The summed E-state index contributed by atoms with van der Waals surface area (Å²) in [5.41, 5.74) is 5.35. The maximum atomic E-state index is 14.2. The zero-order chi connectivity index (χ0) is 26.7. The molecular weight excluding hydrogens is 492 g/mol. The van der Waals surface area contributed by atoms with Gasteiger partial charge >= 0.3 is 0 Å². The van der Waals surface area contributed by atoms with Crippen LogP contribution < -0.4 is 4.90 Å². The van der Waals surface area contributed by atoms with E-state index in [0.717, 1.165) is 40.9 Å². The van der Waals surface area contributed by atoms with Gasteiger partial charge in [-0.2, -0.15) is 5.10 Å². The van der Waals surface area contributed by atoms with Gasteiger partial charge in [0.05, 0.1) is 6.10 Å². The van der Waals surface area contributed by atoms with E-state index in [0.29, 0.717) is 50.0 Å². The van der Waals surface area contributed by atoms with Crippen LogP contribution in [-0.2, 0) is 17.8 Å². The van der Waals surface area contributed by atoms with Gasteiger partial charge in [-0.15, -0.1) is 0 Å². The Labute approximate surface area is 221 Å². The number of likely N-dealkylation sites (tertiary alicyclic amines) is 1. The molecule has 0 spiro atoms. The van der Waals surface area contributed by atoms with Crippen molar-refractivity contribution in [2.75, 3.05) is 37.6 Å². The number of amides is 2. The van der Waals surface area contributed by atoms with Crippen LogP contribution in [0.15, 0.2) is 18.2 Å². The first-order valence-electron chi connectivity index (χ1n) is 13.7. The Morgan fingerprint density at radius 3 is 2.63 bits per heavy atom. The van der Waals surface area contributed by atoms with E-state index in [9.17, 15) is 23.5 Å². The Bertz CT molecular complexity index is 1260. The average molecular weight is 528 g/mol. The summed E-state index contributed by atoms with van der Waals surface area (Å²) in [5, 5.41) is 14.4. The molecule has 3 atom stereocenters. The van der Waals surface area contributed by atoms with E-state index in [4.69, 9.17) is 0 Å². The molecule has 1 N–H and O–H groups in total. The number of piperidine rings is 1. The van der Waals surface area contributed by atoms with Gasteiger partial charge in [-0.3, -0.25) is 14.3 Å². The number of aryl methyl sites for hydroxylation is 1. The van der Waals surface area contributed by atoms with Crippen LogP contribution in [0.1, 0.15) is 58.1 Å². The molecule has 2 saturated heterocycles. The molecule has 1 aromatic heterocycles. The molecule has 2 aromatic rings. The number of alkyl halides is 2. The van der Waals surface area contributed by atoms with Crippen LogP contribution in [0.3, 0.4) is 0 Å². The summed E-state index contributed by atoms with van der Waals surface area (Å²) in [5.74, 6) is 0.244. The summed E-state index contributed by atoms with van der Waals surface area (Å²) in [4.78, 5) is 31.8. The predicted octanol–water partition coefficient (Wildman–Crippen LogP) is 2.74. The standard InChI is InChI=1S/C28H35F2N5O3/c1-16-4-3-5-21(17(16)2)33-10-11-34(23(14-33)27(29)30)24(37)15-35-22-13-18-12-20(18)25(22)26(31-35)28(38)32-8-6-19(36)7-9-32/h3-5,18-20,23,27,36H,6-15H2,1-2H3/t18-,20-,23?/m0/s1. The molecule has 3 fully saturated rings. The first kappa shape index (κ1) is 25.3. The second-order valence-corrected chi connectivity index (χ2v) is 11.4. The molecule has 2 aliphatic heterocycles. The van der Waals surface area contributed by atoms with Gasteiger partial charge in [0.2, 0.25) is 5.91 Å². The summed E-state index contributed by atoms with van der Waals surface area (Å²) in [6.45, 7) is 5.57. The summed E-state index contributed by atoms with van der Waals surface area (Å²) in [6.07, 6.45) is -0.171. The van der Waals surface area contributed by atoms with Crippen molar-refractivity contribution < 1.29 is 23.5 Å². The SMILES string of the molecule is Cc1cccc(N2CCN(C(=O)Cn3nc(C(=O)N4CCC(O)CC4)c4c3C[C@@H]3C[C@H]43)C(C(F)F)C2)c1C. The summed E-state index contributed by atoms with van der Waals surface area (Å²) in [6, 6.07) is 4.67. The van der Waals surface area contributed by atoms with Gasteiger partial charge in [-0.05, 0) is 68.6 Å². The topological polar surface area (TPSA) is 81.9 Å². The van der Waals surface area contributed by atoms with Crippen molar-refractivity contribution in [3.63, 3.8) is 0 Å². The van der Waals surface area contributed by atoms with Crippen LogP contribution >= 0.6 is 0 Å². The molecule has 1 unspecified atom stereocenters. The minimum Gasteiger partial charge on any atom is -0.393 e. The highest BCUT2D eigenvalue weighted by Crippen LogP contribution is 2.57. The van der Waals surface area contributed by atoms with Gasteiger partial charge in [0.1, 0.15) is 12.6 Å². The molecule has 6 rings (SSSR count). The largest absolute Gasteiger partial charge is 0.393 e. The average Bonchev–Trinajstić information content (AvgIpc) is 3.43. The number of halogens is 2. The number of hydrogen-bond donors (Lipinski definition) is 1. The fourth-order valence-electron chi connectivity index (χ4n) is 6.55. The summed E-state index contributed by atoms with van der Waals surface area (Å²) < 4.78 is 30.1. The van der Waals surface area contributed by atoms with Crippen LogP contribution in [0.4, 0.5) is 14.5 Å². The van der Waals surface area contributed by atoms with Crippen LogP contribution in [0, 0.1) is 19.8 Å². The van der Waals surface area contributed by atoms with Crippen LogP contribution in [0.5, 0.6) is 0 Å². The van der Waals surface area contributed by atoms with E-state index in [1.165, 1.54) is 4.90 Å². The molecule has 38 heavy (non-hydrogen) atoms. The van der Waals surface area contributed by atoms with Crippen molar-refractivity contribution in [1.29, 1.82) is 0 Å². The number of rotatable bonds is 5. The van der Waals surface area contributed by atoms with Gasteiger partial charge in [0.15, 0.2) is 5.69 Å². The number of carbonyl (C=O) groups excluding carboxylic acids is 2. The lowest BCUT2D eigenvalue weighted by atomic mass is 10.0. The lowest BCUT2D eigenvalue weighted by Crippen LogP contribution is -2.58. The van der Waals surface area contributed by atoms with Crippen LogP contribution in [0.2, 0.25) is 0 Å². The first-order valence-corrected chi connectivity index (χ1v) is 13.7. The quantitative estimate of drug-likeness (QED) is 0.647. The van der Waals surface area contributed by atoms with Crippen molar-refractivity contribution in [2.24, 2.45) is 5.92 Å². The van der Waals surface area contributed by atoms with E-state index in [-0.39, 0.29) is 37.6 Å². The second-order valence-electron chi connectivity index (χ2n) is 11.4. The lowest BCUT2D eigenvalue weighted by Gasteiger charge is -2.42. The third kappa shape index (κ3) is 4.36. The number of aliphatic hydroxyl groups excluding tert-OH is 1. The number of benzene rings is 1. The number of carbonyl (C=O) groups is 2. The van der Waals surface area contributed by atoms with Crippen molar-refractivity contribution >= 4 is 17.5 Å². The van der Waals surface area contributed by atoms with Gasteiger partial charge in [0, 0.05) is 49.7 Å². The molecule has 3 heterocycles. The normalized spacial score (nSPS) is 25.1. The molecule has 2 amide bonds. The fraction of sp³-hybridized carbons (Fsp3) is 0.607. The second kappa shape index (κ2) is 9.63. The molecule has 204 valence electrons. The summed E-state index contributed by atoms with van der Waals surface area (Å²) >= 11 is 0. The van der Waals surface area contributed by atoms with E-state index < -0.39 is 12.5 Å². The van der Waals surface area contributed by atoms with E-state index in [2.05, 4.69) is 5.10 Å². The highest BCUT2D eigenvalue weighted by molar-refractivity contribution is 5.95. The zero-order valence-electron chi connectivity index (χ0n) is 21.9. The van der Waals surface area contributed by atoms with Crippen molar-refractivity contribution in [3.8, 4) is 0 Å². The zero-order valence-corrected chi connectivity index (χ0v) is 21.9. The number of aromatic nitrogens is 2. The fourth-order valence-corrected chi connectivity index (χ4v) is 6.55. The lowest BCUT2D eigenvalue weighted by molar-refractivity contribution is -0.138. The number of anilines is 1. The molecule has 1 saturated carbocycles. The molecule has 1 aromatic carbocycles. The molecule has 0 bridgehead atoms. The Morgan fingerprint density at radius 1 is 1.13 bits per heavy atom. The maximum absolute atomic E-state index is 14.2. The first-order chi connectivity index (χ1) is 18.2. The Hall–Kier alpha value is -3.01. The molecule has 4 aliphatic rings. The van der Waals surface area contributed by atoms with Crippen molar-refractivity contribution in [1.82, 2.24) is 19.6 Å². The molecule has 2 aliphatic carbocycles. The molecule has 0 radical (unpaired) electrons. The van der Waals surface area contributed by atoms with Gasteiger partial charge < -0.3 is 19.8 Å². The smallest absolute Gasteiger partial charge is 0.274 e. The Morgan fingerprint density at radius 2 is 1.89 bits per heavy atom. The molecule has 8 nitrogen and oxygen atoms in total. The number of piperazine rings is 1. The third-order valence-corrected chi connectivity index (χ3v) is 9.03. The van der Waals surface area contributed by atoms with Crippen LogP contribution in [0.25, 0.3) is 0 Å². The van der Waals surface area contributed by atoms with Gasteiger partial charge in [0.25, 0.3) is 12.3 Å². The monoisotopic (exact) mass is 527 g/mol. The number of nitrogens with zero attached hydrogens (tertiary/aromatic N) is 5. The van der Waals surface area contributed by atoms with Gasteiger partial charge in [-0.1, -0.05) is 12.1 Å². The maximum Gasteiger partial charge on any atom is 0.274 e. The highest BCUT2D eigenvalue weighted by Gasteiger charge is 2.51. The summed E-state index contributed by atoms with van der Waals surface area (Å²) in [7, 11) is 0. The minimum atomic E-state index is -2.67. The Kier molecular flexibility index (Phi) is 6.40. The molecular formula is C28H35F2N5O3. The van der Waals surface area contributed by atoms with Crippen molar-refractivity contribution in [3.05, 3.63) is 46.3 Å². The minimum absolute atomic E-state index is 0.0691. The Balaban J connectivity index is 1.21. The van der Waals surface area contributed by atoms with Gasteiger partial charge in [-0.25, -0.2) is 8.78 Å². The predicted molar refractivity (Wildman–Crippen MR) is 138 cm³/mol. The number of aliphatic hydroxyl groups is 1. The third-order valence-electron chi connectivity index (χ3n) is 9.03. The highest BCUT2D eigenvalue weighted by atomic mass is 19.3. The van der Waals surface area contributed by atoms with E-state index in [1.54, 1.807) is 9.58 Å². The van der Waals surface area contributed by atoms with Crippen molar-refractivity contribution in [2.45, 2.75) is 70.6 Å². The number of fused-ring (bicyclic) bond motifs is 3. The molecule has 10 heteroatoms.